The van der Waals surface area contributed by atoms with Gasteiger partial charge < -0.3 is 9.68 Å². The molecule has 0 atom stereocenters. The number of benzene rings is 2. The maximum Gasteiger partial charge on any atom is 0.403 e. The molecule has 0 bridgehead atoms. The minimum absolute atomic E-state index is 0.342. The van der Waals surface area contributed by atoms with E-state index in [1.54, 1.807) is 60.7 Å². The van der Waals surface area contributed by atoms with E-state index in [-0.39, 0.29) is 0 Å². The molecule has 0 saturated heterocycles. The zero-order chi connectivity index (χ0) is 15.0. The Morgan fingerprint density at radius 1 is 0.667 bits per heavy atom. The summed E-state index contributed by atoms with van der Waals surface area (Å²) in [6.45, 7) is 0. The third kappa shape index (κ3) is 5.37. The lowest BCUT2D eigenvalue weighted by Gasteiger charge is -1.94. The summed E-state index contributed by atoms with van der Waals surface area (Å²) in [6, 6.07) is 16.7. The van der Waals surface area contributed by atoms with Gasteiger partial charge in [-0.25, -0.2) is 0 Å². The first-order valence-corrected chi connectivity index (χ1v) is 7.09. The fourth-order valence-corrected chi connectivity index (χ4v) is 1.46. The summed E-state index contributed by atoms with van der Waals surface area (Å²) in [4.78, 5) is 9.49. The topological polar surface area (TPSA) is 102 Å². The molecule has 2 aromatic rings. The molecule has 0 N–H and O–H groups in total. The van der Waals surface area contributed by atoms with Crippen LogP contribution >= 0.6 is 0 Å². The van der Waals surface area contributed by atoms with Crippen molar-refractivity contribution in [1.29, 1.82) is 0 Å². The van der Waals surface area contributed by atoms with Crippen LogP contribution in [0.4, 0.5) is 0 Å². The molecule has 0 amide bonds. The first-order chi connectivity index (χ1) is 10.2. The van der Waals surface area contributed by atoms with Gasteiger partial charge in [0.2, 0.25) is 0 Å². The van der Waals surface area contributed by atoms with Gasteiger partial charge in [0.15, 0.2) is 11.5 Å². The predicted molar refractivity (Wildman–Crippen MR) is 72.8 cm³/mol. The van der Waals surface area contributed by atoms with E-state index in [9.17, 15) is 8.42 Å². The van der Waals surface area contributed by atoms with E-state index in [0.29, 0.717) is 11.5 Å². The highest BCUT2D eigenvalue weighted by Crippen LogP contribution is 2.11. The number of nitrogens with zero attached hydrogens (tertiary/aromatic N) is 4. The molecule has 0 aliphatic carbocycles. The van der Waals surface area contributed by atoms with Gasteiger partial charge in [-0.2, -0.15) is 8.42 Å². The van der Waals surface area contributed by atoms with Gasteiger partial charge in [0.25, 0.3) is 0 Å². The summed E-state index contributed by atoms with van der Waals surface area (Å²) < 4.78 is 28.5. The van der Waals surface area contributed by atoms with Crippen molar-refractivity contribution in [2.45, 2.75) is 0 Å². The van der Waals surface area contributed by atoms with Crippen molar-refractivity contribution in [3.8, 4) is 11.5 Å². The molecule has 8 nitrogen and oxygen atoms in total. The second-order valence-corrected chi connectivity index (χ2v) is 4.81. The molecule has 0 spiro atoms. The van der Waals surface area contributed by atoms with Gasteiger partial charge in [-0.3, -0.25) is 0 Å². The van der Waals surface area contributed by atoms with Crippen LogP contribution in [0, 0.1) is 0 Å². The van der Waals surface area contributed by atoms with Gasteiger partial charge in [-0.1, -0.05) is 36.4 Å². The molecule has 0 heterocycles. The van der Waals surface area contributed by atoms with E-state index >= 15 is 0 Å². The summed E-state index contributed by atoms with van der Waals surface area (Å²) in [5, 5.41) is 6.13. The molecule has 0 aliphatic heterocycles. The van der Waals surface area contributed by atoms with Crippen molar-refractivity contribution in [2.24, 2.45) is 19.6 Å². The number of para-hydroxylation sites is 2. The summed E-state index contributed by atoms with van der Waals surface area (Å²) in [7, 11) is -4.26. The third-order valence-electron chi connectivity index (χ3n) is 2.05. The van der Waals surface area contributed by atoms with Gasteiger partial charge in [0.05, 0.1) is 0 Å². The van der Waals surface area contributed by atoms with E-state index < -0.39 is 10.2 Å². The van der Waals surface area contributed by atoms with Crippen LogP contribution in [0.2, 0.25) is 0 Å². The number of rotatable bonds is 6. The first-order valence-electron chi connectivity index (χ1n) is 5.69. The molecule has 0 aromatic heterocycles. The SMILES string of the molecule is O=S(=O)(N=NOc1ccccc1)N=NOc1ccccc1. The Bertz CT molecular complexity index is 660. The maximum atomic E-state index is 11.3. The van der Waals surface area contributed by atoms with Crippen LogP contribution in [0.25, 0.3) is 0 Å². The zero-order valence-electron chi connectivity index (χ0n) is 10.6. The molecule has 0 unspecified atom stereocenters. The van der Waals surface area contributed by atoms with Gasteiger partial charge in [0.1, 0.15) is 0 Å². The van der Waals surface area contributed by atoms with E-state index in [1.165, 1.54) is 0 Å². The Hall–Kier alpha value is -2.81. The van der Waals surface area contributed by atoms with Crippen molar-refractivity contribution in [3.63, 3.8) is 0 Å². The second kappa shape index (κ2) is 7.10. The standard InChI is InChI=1S/C12H10N4O4S/c17-21(18,15-13-19-11-7-3-1-4-8-11)16-14-20-12-9-5-2-6-10-12/h1-10H. The Balaban J connectivity index is 1.89. The van der Waals surface area contributed by atoms with E-state index in [1.807, 2.05) is 0 Å². The van der Waals surface area contributed by atoms with Crippen molar-refractivity contribution >= 4 is 10.2 Å². The van der Waals surface area contributed by atoms with Gasteiger partial charge in [0, 0.05) is 10.6 Å². The minimum Gasteiger partial charge on any atom is -0.339 e. The molecular weight excluding hydrogens is 296 g/mol. The van der Waals surface area contributed by atoms with Crippen LogP contribution in [0.3, 0.4) is 0 Å². The lowest BCUT2D eigenvalue weighted by Crippen LogP contribution is -1.91. The molecule has 0 saturated carbocycles. The van der Waals surface area contributed by atoms with Crippen LogP contribution in [0.1, 0.15) is 0 Å². The fourth-order valence-electron chi connectivity index (χ4n) is 1.19. The van der Waals surface area contributed by atoms with Crippen LogP contribution in [-0.2, 0) is 10.2 Å². The van der Waals surface area contributed by atoms with Gasteiger partial charge in [-0.05, 0) is 33.3 Å². The molecule has 21 heavy (non-hydrogen) atoms. The molecular formula is C12H10N4O4S. The van der Waals surface area contributed by atoms with E-state index in [0.717, 1.165) is 0 Å². The van der Waals surface area contributed by atoms with Crippen LogP contribution in [0.5, 0.6) is 11.5 Å². The average molecular weight is 306 g/mol. The van der Waals surface area contributed by atoms with Crippen molar-refractivity contribution in [1.82, 2.24) is 0 Å². The highest BCUT2D eigenvalue weighted by molar-refractivity contribution is 7.88. The second-order valence-electron chi connectivity index (χ2n) is 3.58. The van der Waals surface area contributed by atoms with Crippen molar-refractivity contribution < 1.29 is 18.1 Å². The molecule has 2 aromatic carbocycles. The van der Waals surface area contributed by atoms with Crippen LogP contribution in [-0.4, -0.2) is 8.42 Å². The Labute approximate surface area is 120 Å². The van der Waals surface area contributed by atoms with Gasteiger partial charge in [-0.15, -0.1) is 0 Å². The summed E-state index contributed by atoms with van der Waals surface area (Å²) in [5.41, 5.74) is 0. The maximum absolute atomic E-state index is 11.3. The molecule has 108 valence electrons. The fraction of sp³-hybridized carbons (Fsp3) is 0. The predicted octanol–water partition coefficient (Wildman–Crippen LogP) is 3.12. The molecule has 0 aliphatic rings. The molecule has 9 heteroatoms. The highest BCUT2D eigenvalue weighted by Gasteiger charge is 2.06. The lowest BCUT2D eigenvalue weighted by molar-refractivity contribution is 0.310. The van der Waals surface area contributed by atoms with Crippen LogP contribution < -0.4 is 9.68 Å². The first kappa shape index (κ1) is 14.6. The van der Waals surface area contributed by atoms with E-state index in [4.69, 9.17) is 9.68 Å². The highest BCUT2D eigenvalue weighted by atomic mass is 32.2. The Morgan fingerprint density at radius 3 is 1.43 bits per heavy atom. The third-order valence-corrected chi connectivity index (χ3v) is 2.60. The summed E-state index contributed by atoms with van der Waals surface area (Å²) in [6.07, 6.45) is 0. The monoisotopic (exact) mass is 306 g/mol. The molecule has 2 rings (SSSR count). The lowest BCUT2D eigenvalue weighted by atomic mass is 10.3. The van der Waals surface area contributed by atoms with Gasteiger partial charge >= 0.3 is 10.2 Å². The van der Waals surface area contributed by atoms with Crippen molar-refractivity contribution in [3.05, 3.63) is 60.7 Å². The van der Waals surface area contributed by atoms with E-state index in [2.05, 4.69) is 19.6 Å². The van der Waals surface area contributed by atoms with Crippen LogP contribution in [0.15, 0.2) is 80.3 Å². The normalized spacial score (nSPS) is 11.8. The number of hydrogen-bond donors (Lipinski definition) is 0. The summed E-state index contributed by atoms with van der Waals surface area (Å²) in [5.74, 6) is 0.683. The molecule has 0 radical (unpaired) electrons. The largest absolute Gasteiger partial charge is 0.403 e. The number of hydrogen-bond acceptors (Lipinski definition) is 6. The minimum atomic E-state index is -4.26. The Morgan fingerprint density at radius 2 is 1.05 bits per heavy atom. The zero-order valence-corrected chi connectivity index (χ0v) is 11.4. The molecule has 0 fully saturated rings. The van der Waals surface area contributed by atoms with Crippen molar-refractivity contribution in [2.75, 3.05) is 0 Å². The summed E-state index contributed by atoms with van der Waals surface area (Å²) >= 11 is 0. The average Bonchev–Trinajstić information content (AvgIpc) is 2.49. The quantitative estimate of drug-likeness (QED) is 0.604. The smallest absolute Gasteiger partial charge is 0.339 e. The Kier molecular flexibility index (Phi) is 4.94.